The molecule has 1 heterocycles. The van der Waals surface area contributed by atoms with Gasteiger partial charge in [0, 0.05) is 35.2 Å². The van der Waals surface area contributed by atoms with Crippen molar-refractivity contribution in [2.45, 2.75) is 107 Å². The summed E-state index contributed by atoms with van der Waals surface area (Å²) >= 11 is 0. The molecule has 3 unspecified atom stereocenters. The quantitative estimate of drug-likeness (QED) is 0.141. The van der Waals surface area contributed by atoms with Crippen LogP contribution in [0.1, 0.15) is 105 Å². The average molecular weight is 755 g/mol. The molecular formula is C43H47F5O6. The average Bonchev–Trinajstić information content (AvgIpc) is 3.41. The summed E-state index contributed by atoms with van der Waals surface area (Å²) in [5.74, 6) is -2.35. The Balaban J connectivity index is 1.24. The minimum atomic E-state index is -5.92. The van der Waals surface area contributed by atoms with Gasteiger partial charge in [-0.15, -0.1) is 0 Å². The van der Waals surface area contributed by atoms with E-state index in [0.29, 0.717) is 49.2 Å². The molecule has 0 bridgehead atoms. The molecule has 2 aromatic carbocycles. The molecule has 0 amide bonds. The maximum atomic E-state index is 15.5. The second kappa shape index (κ2) is 13.3. The van der Waals surface area contributed by atoms with Crippen LogP contribution in [0.25, 0.3) is 6.08 Å². The van der Waals surface area contributed by atoms with Crippen LogP contribution in [0.2, 0.25) is 0 Å². The number of carbonyl (C=O) groups excluding carboxylic acids is 1. The molecule has 54 heavy (non-hydrogen) atoms. The minimum Gasteiger partial charge on any atom is -0.465 e. The lowest BCUT2D eigenvalue weighted by Gasteiger charge is -2.59. The van der Waals surface area contributed by atoms with Gasteiger partial charge in [0.25, 0.3) is 0 Å². The first-order valence-electron chi connectivity index (χ1n) is 18.6. The van der Waals surface area contributed by atoms with Gasteiger partial charge in [0.1, 0.15) is 5.60 Å². The van der Waals surface area contributed by atoms with Crippen molar-refractivity contribution in [2.75, 3.05) is 20.3 Å². The molecule has 2 aromatic rings. The van der Waals surface area contributed by atoms with Gasteiger partial charge in [-0.3, -0.25) is 0 Å². The normalized spacial score (nSPS) is 33.1. The number of fused-ring (bicyclic) bond motifs is 4. The van der Waals surface area contributed by atoms with Crippen LogP contribution in [0.4, 0.5) is 22.0 Å². The molecule has 290 valence electrons. The van der Waals surface area contributed by atoms with Crippen LogP contribution in [0.15, 0.2) is 65.8 Å². The predicted octanol–water partition coefficient (Wildman–Crippen LogP) is 8.76. The largest absolute Gasteiger partial charge is 0.465 e. The summed E-state index contributed by atoms with van der Waals surface area (Å²) in [6.07, 6.45) is -1.54. The van der Waals surface area contributed by atoms with Gasteiger partial charge in [-0.05, 0) is 103 Å². The third kappa shape index (κ3) is 6.31. The van der Waals surface area contributed by atoms with Crippen molar-refractivity contribution < 1.29 is 51.2 Å². The summed E-state index contributed by atoms with van der Waals surface area (Å²) in [6, 6.07) is 14.1. The van der Waals surface area contributed by atoms with Crippen molar-refractivity contribution in [2.24, 2.45) is 22.7 Å². The summed E-state index contributed by atoms with van der Waals surface area (Å²) < 4.78 is 90.4. The van der Waals surface area contributed by atoms with E-state index >= 15 is 8.78 Å². The zero-order valence-corrected chi connectivity index (χ0v) is 31.0. The van der Waals surface area contributed by atoms with Crippen LogP contribution in [0.5, 0.6) is 0 Å². The molecule has 0 radical (unpaired) electrons. The van der Waals surface area contributed by atoms with Crippen molar-refractivity contribution in [1.82, 2.24) is 0 Å². The number of carbonyl (C=O) groups is 1. The minimum absolute atomic E-state index is 0.0194. The van der Waals surface area contributed by atoms with E-state index in [1.54, 1.807) is 42.5 Å². The maximum absolute atomic E-state index is 15.5. The van der Waals surface area contributed by atoms with E-state index in [-0.39, 0.29) is 31.1 Å². The number of methoxy groups -OCH3 is 1. The molecule has 3 saturated carbocycles. The zero-order chi connectivity index (χ0) is 39.0. The van der Waals surface area contributed by atoms with Crippen molar-refractivity contribution in [3.63, 3.8) is 0 Å². The van der Waals surface area contributed by atoms with Crippen LogP contribution in [0.3, 0.4) is 0 Å². The molecule has 4 fully saturated rings. The lowest BCUT2D eigenvalue weighted by molar-refractivity contribution is -0.362. The number of hydrogen-bond donors (Lipinski definition) is 2. The van der Waals surface area contributed by atoms with Crippen molar-refractivity contribution in [3.8, 4) is 11.8 Å². The van der Waals surface area contributed by atoms with Crippen LogP contribution >= 0.6 is 0 Å². The van der Waals surface area contributed by atoms with Gasteiger partial charge in [0.2, 0.25) is 0 Å². The lowest BCUT2D eigenvalue weighted by Crippen LogP contribution is -2.65. The summed E-state index contributed by atoms with van der Waals surface area (Å²) in [4.78, 5) is 11.9. The van der Waals surface area contributed by atoms with E-state index in [1.165, 1.54) is 14.0 Å². The number of ether oxygens (including phenoxy) is 3. The molecule has 0 aromatic heterocycles. The number of halogens is 5. The molecule has 1 spiro atoms. The molecule has 4 aliphatic carbocycles. The van der Waals surface area contributed by atoms with Gasteiger partial charge >= 0.3 is 18.1 Å². The van der Waals surface area contributed by atoms with E-state index in [9.17, 15) is 28.2 Å². The highest BCUT2D eigenvalue weighted by Crippen LogP contribution is 2.71. The predicted molar refractivity (Wildman–Crippen MR) is 191 cm³/mol. The molecule has 2 N–H and O–H groups in total. The van der Waals surface area contributed by atoms with Gasteiger partial charge in [-0.2, -0.15) is 22.0 Å². The Morgan fingerprint density at radius 1 is 0.963 bits per heavy atom. The number of aliphatic hydroxyl groups is 2. The molecule has 6 atom stereocenters. The van der Waals surface area contributed by atoms with Crippen LogP contribution < -0.4 is 0 Å². The fraction of sp³-hybridized carbons (Fsp3) is 0.558. The third-order valence-electron chi connectivity index (χ3n) is 13.1. The first kappa shape index (κ1) is 38.7. The third-order valence-corrected chi connectivity index (χ3v) is 13.1. The highest BCUT2D eigenvalue weighted by Gasteiger charge is 2.79. The van der Waals surface area contributed by atoms with Crippen LogP contribution in [-0.4, -0.2) is 65.6 Å². The highest BCUT2D eigenvalue weighted by molar-refractivity contribution is 5.90. The van der Waals surface area contributed by atoms with E-state index in [1.807, 2.05) is 32.0 Å². The molecule has 7 rings (SSSR count). The van der Waals surface area contributed by atoms with E-state index < -0.39 is 64.6 Å². The lowest BCUT2D eigenvalue weighted by atomic mass is 9.49. The number of alkyl halides is 5. The highest BCUT2D eigenvalue weighted by atomic mass is 19.4. The smallest absolute Gasteiger partial charge is 0.456 e. The maximum Gasteiger partial charge on any atom is 0.456 e. The van der Waals surface area contributed by atoms with Crippen LogP contribution in [0, 0.1) is 34.5 Å². The van der Waals surface area contributed by atoms with Gasteiger partial charge in [0.15, 0.2) is 5.79 Å². The van der Waals surface area contributed by atoms with Gasteiger partial charge < -0.3 is 24.4 Å². The van der Waals surface area contributed by atoms with E-state index in [0.717, 1.165) is 16.7 Å². The molecule has 11 heteroatoms. The Kier molecular flexibility index (Phi) is 9.52. The monoisotopic (exact) mass is 754 g/mol. The zero-order valence-electron chi connectivity index (χ0n) is 31.0. The summed E-state index contributed by atoms with van der Waals surface area (Å²) in [6.45, 7) is 6.45. The second-order valence-corrected chi connectivity index (χ2v) is 17.0. The fourth-order valence-corrected chi connectivity index (χ4v) is 10.3. The van der Waals surface area contributed by atoms with E-state index in [2.05, 4.69) is 11.8 Å². The van der Waals surface area contributed by atoms with Crippen molar-refractivity contribution in [1.29, 1.82) is 0 Å². The van der Waals surface area contributed by atoms with Gasteiger partial charge in [-0.25, -0.2) is 4.79 Å². The number of benzene rings is 2. The first-order chi connectivity index (χ1) is 25.3. The Bertz CT molecular complexity index is 1910. The Morgan fingerprint density at radius 2 is 1.67 bits per heavy atom. The Hall–Kier alpha value is -3.56. The van der Waals surface area contributed by atoms with Crippen molar-refractivity contribution >= 4 is 12.0 Å². The fourth-order valence-electron chi connectivity index (χ4n) is 10.3. The molecule has 1 saturated heterocycles. The number of esters is 1. The van der Waals surface area contributed by atoms with Crippen LogP contribution in [-0.2, 0) is 14.2 Å². The summed E-state index contributed by atoms with van der Waals surface area (Å²) in [5.41, 5.74) is -2.33. The number of hydrogen-bond acceptors (Lipinski definition) is 6. The second-order valence-electron chi connectivity index (χ2n) is 17.0. The van der Waals surface area contributed by atoms with E-state index in [4.69, 9.17) is 14.2 Å². The van der Waals surface area contributed by atoms with Crippen molar-refractivity contribution in [3.05, 3.63) is 88.0 Å². The Morgan fingerprint density at radius 3 is 2.33 bits per heavy atom. The molecule has 1 aliphatic heterocycles. The summed E-state index contributed by atoms with van der Waals surface area (Å²) in [7, 11) is 1.31. The summed E-state index contributed by atoms with van der Waals surface area (Å²) in [5, 5.41) is 24.0. The number of allylic oxidation sites excluding steroid dienone is 2. The number of rotatable bonds is 4. The van der Waals surface area contributed by atoms with Gasteiger partial charge in [0.05, 0.1) is 31.5 Å². The molecule has 5 aliphatic rings. The standard InChI is InChI=1S/C43H47F5O6/c1-37(2)25-53-40(54-26-37)20-17-34-35-31(16-19-39(34,50)24-40)33-18-21-41(51,42(44,45)43(46,47)48)38(33,3)23-32(35)29-14-12-27(13-15-29)8-5-6-9-28-10-7-11-30(22-28)36(49)52-4/h6-7,9-15,22,31-33,50-51H,16-21,23-26H2,1-4H3/t31?,32-,33?,38+,39?,41+/m1/s1. The topological polar surface area (TPSA) is 85.2 Å². The molecular weight excluding hydrogens is 707 g/mol. The SMILES string of the molecule is COC(=O)c1cccc(C=CC#Cc2ccc([C@H]3C[C@@]4(C)C(CC[C@@]4(O)C(F)(F)C(F)(F)F)C4CCC5(O)CC6(CCC5=C43)OCC(C)(C)CO6)cc2)c1. The first-order valence-corrected chi connectivity index (χ1v) is 18.6. The van der Waals surface area contributed by atoms with Gasteiger partial charge in [-0.1, -0.05) is 62.5 Å². The Labute approximate surface area is 312 Å². The molecule has 6 nitrogen and oxygen atoms in total.